The summed E-state index contributed by atoms with van der Waals surface area (Å²) in [5.74, 6) is 0.862. The van der Waals surface area contributed by atoms with Crippen LogP contribution in [0.1, 0.15) is 17.0 Å². The van der Waals surface area contributed by atoms with Crippen LogP contribution in [0.2, 0.25) is 5.02 Å². The summed E-state index contributed by atoms with van der Waals surface area (Å²) in [6.07, 6.45) is 1.30. The van der Waals surface area contributed by atoms with Gasteiger partial charge in [-0.05, 0) is 31.0 Å². The molecule has 2 heterocycles. The molecule has 0 N–H and O–H groups in total. The molecule has 0 saturated carbocycles. The molecule has 5 nitrogen and oxygen atoms in total. The molecule has 0 radical (unpaired) electrons. The van der Waals surface area contributed by atoms with E-state index in [1.165, 1.54) is 5.56 Å². The van der Waals surface area contributed by atoms with E-state index in [-0.39, 0.29) is 5.91 Å². The number of halogens is 1. The summed E-state index contributed by atoms with van der Waals surface area (Å²) in [7, 11) is 0. The van der Waals surface area contributed by atoms with E-state index in [0.717, 1.165) is 49.9 Å². The SMILES string of the molecule is Cc1cc(CC(=O)N2CCN(CCc3cccc(Cl)c3)CC2)no1. The number of nitrogens with zero attached hydrogens (tertiary/aromatic N) is 3. The maximum Gasteiger partial charge on any atom is 0.228 e. The normalized spacial score (nSPS) is 15.7. The summed E-state index contributed by atoms with van der Waals surface area (Å²) in [6.45, 7) is 6.18. The van der Waals surface area contributed by atoms with E-state index in [4.69, 9.17) is 16.1 Å². The maximum atomic E-state index is 12.3. The lowest BCUT2D eigenvalue weighted by Gasteiger charge is -2.34. The predicted molar refractivity (Wildman–Crippen MR) is 93.1 cm³/mol. The van der Waals surface area contributed by atoms with E-state index >= 15 is 0 Å². The number of benzene rings is 1. The topological polar surface area (TPSA) is 49.6 Å². The Morgan fingerprint density at radius 3 is 2.71 bits per heavy atom. The number of carbonyl (C=O) groups is 1. The van der Waals surface area contributed by atoms with Crippen molar-refractivity contribution in [3.05, 3.63) is 52.4 Å². The van der Waals surface area contributed by atoms with Gasteiger partial charge in [0, 0.05) is 43.8 Å². The summed E-state index contributed by atoms with van der Waals surface area (Å²) in [6, 6.07) is 9.82. The lowest BCUT2D eigenvalue weighted by atomic mass is 10.1. The Morgan fingerprint density at radius 1 is 1.25 bits per heavy atom. The van der Waals surface area contributed by atoms with Gasteiger partial charge in [0.25, 0.3) is 0 Å². The van der Waals surface area contributed by atoms with Gasteiger partial charge in [-0.3, -0.25) is 9.69 Å². The highest BCUT2D eigenvalue weighted by atomic mass is 35.5. The summed E-state index contributed by atoms with van der Waals surface area (Å²) in [4.78, 5) is 16.6. The number of rotatable bonds is 5. The van der Waals surface area contributed by atoms with Gasteiger partial charge in [0.15, 0.2) is 0 Å². The fourth-order valence-electron chi connectivity index (χ4n) is 2.97. The summed E-state index contributed by atoms with van der Waals surface area (Å²) < 4.78 is 5.01. The van der Waals surface area contributed by atoms with Crippen LogP contribution in [0, 0.1) is 6.92 Å². The standard InChI is InChI=1S/C18H22ClN3O2/c1-14-11-17(20-24-14)13-18(23)22-9-7-21(8-10-22)6-5-15-3-2-4-16(19)12-15/h2-4,11-12H,5-10,13H2,1H3. The van der Waals surface area contributed by atoms with Crippen LogP contribution >= 0.6 is 11.6 Å². The van der Waals surface area contributed by atoms with Gasteiger partial charge in [0.1, 0.15) is 5.76 Å². The summed E-state index contributed by atoms with van der Waals surface area (Å²) in [5.41, 5.74) is 1.96. The second-order valence-electron chi connectivity index (χ2n) is 6.21. The number of hydrogen-bond acceptors (Lipinski definition) is 4. The highest BCUT2D eigenvalue weighted by molar-refractivity contribution is 6.30. The zero-order valence-electron chi connectivity index (χ0n) is 13.9. The van der Waals surface area contributed by atoms with Crippen LogP contribution in [0.5, 0.6) is 0 Å². The molecule has 2 aromatic rings. The van der Waals surface area contributed by atoms with Gasteiger partial charge in [0.2, 0.25) is 5.91 Å². The van der Waals surface area contributed by atoms with Crippen molar-refractivity contribution in [2.75, 3.05) is 32.7 Å². The molecule has 1 fully saturated rings. The maximum absolute atomic E-state index is 12.3. The molecule has 0 bridgehead atoms. The Balaban J connectivity index is 1.42. The van der Waals surface area contributed by atoms with Crippen LogP contribution in [0.15, 0.2) is 34.9 Å². The number of aromatic nitrogens is 1. The Morgan fingerprint density at radius 2 is 2.04 bits per heavy atom. The Labute approximate surface area is 147 Å². The molecule has 1 saturated heterocycles. The molecule has 1 aliphatic rings. The molecule has 0 aliphatic carbocycles. The first-order valence-corrected chi connectivity index (χ1v) is 8.65. The van der Waals surface area contributed by atoms with Crippen molar-refractivity contribution in [1.82, 2.24) is 15.0 Å². The van der Waals surface area contributed by atoms with E-state index in [0.29, 0.717) is 12.1 Å². The number of piperazine rings is 1. The van der Waals surface area contributed by atoms with Gasteiger partial charge in [-0.2, -0.15) is 0 Å². The lowest BCUT2D eigenvalue weighted by molar-refractivity contribution is -0.132. The first kappa shape index (κ1) is 17.0. The van der Waals surface area contributed by atoms with Gasteiger partial charge in [-0.15, -0.1) is 0 Å². The van der Waals surface area contributed by atoms with E-state index in [9.17, 15) is 4.79 Å². The molecule has 6 heteroatoms. The number of amides is 1. The third kappa shape index (κ3) is 4.58. The third-order valence-corrected chi connectivity index (χ3v) is 4.57. The van der Waals surface area contributed by atoms with Crippen molar-refractivity contribution in [1.29, 1.82) is 0 Å². The van der Waals surface area contributed by atoms with Crippen molar-refractivity contribution < 1.29 is 9.32 Å². The number of hydrogen-bond donors (Lipinski definition) is 0. The molecular formula is C18H22ClN3O2. The molecule has 1 aromatic heterocycles. The number of carbonyl (C=O) groups excluding carboxylic acids is 1. The van der Waals surface area contributed by atoms with Crippen LogP contribution in [0.3, 0.4) is 0 Å². The second-order valence-corrected chi connectivity index (χ2v) is 6.64. The van der Waals surface area contributed by atoms with E-state index in [2.05, 4.69) is 16.1 Å². The fourth-order valence-corrected chi connectivity index (χ4v) is 3.18. The van der Waals surface area contributed by atoms with Crippen molar-refractivity contribution >= 4 is 17.5 Å². The second kappa shape index (κ2) is 7.81. The average molecular weight is 348 g/mol. The van der Waals surface area contributed by atoms with Crippen LogP contribution in [0.25, 0.3) is 0 Å². The minimum atomic E-state index is 0.123. The van der Waals surface area contributed by atoms with Gasteiger partial charge in [0.05, 0.1) is 12.1 Å². The highest BCUT2D eigenvalue weighted by Crippen LogP contribution is 2.12. The van der Waals surface area contributed by atoms with Gasteiger partial charge >= 0.3 is 0 Å². The molecule has 3 rings (SSSR count). The fraction of sp³-hybridized carbons (Fsp3) is 0.444. The van der Waals surface area contributed by atoms with Crippen molar-refractivity contribution in [2.24, 2.45) is 0 Å². The van der Waals surface area contributed by atoms with E-state index < -0.39 is 0 Å². The van der Waals surface area contributed by atoms with Crippen molar-refractivity contribution in [2.45, 2.75) is 19.8 Å². The van der Waals surface area contributed by atoms with Gasteiger partial charge in [-0.25, -0.2) is 0 Å². The minimum absolute atomic E-state index is 0.123. The van der Waals surface area contributed by atoms with E-state index in [1.807, 2.05) is 36.1 Å². The first-order valence-electron chi connectivity index (χ1n) is 8.27. The zero-order chi connectivity index (χ0) is 16.9. The van der Waals surface area contributed by atoms with Crippen LogP contribution < -0.4 is 0 Å². The van der Waals surface area contributed by atoms with Crippen LogP contribution in [-0.2, 0) is 17.6 Å². The molecule has 1 amide bonds. The molecule has 128 valence electrons. The summed E-state index contributed by atoms with van der Waals surface area (Å²) in [5, 5.41) is 4.68. The number of aryl methyl sites for hydroxylation is 1. The van der Waals surface area contributed by atoms with Crippen LogP contribution in [0.4, 0.5) is 0 Å². The zero-order valence-corrected chi connectivity index (χ0v) is 14.6. The Kier molecular flexibility index (Phi) is 5.53. The molecular weight excluding hydrogens is 326 g/mol. The molecule has 24 heavy (non-hydrogen) atoms. The highest BCUT2D eigenvalue weighted by Gasteiger charge is 2.21. The average Bonchev–Trinajstić information content (AvgIpc) is 2.98. The van der Waals surface area contributed by atoms with Crippen molar-refractivity contribution in [3.8, 4) is 0 Å². The smallest absolute Gasteiger partial charge is 0.228 e. The molecule has 0 unspecified atom stereocenters. The monoisotopic (exact) mass is 347 g/mol. The van der Waals surface area contributed by atoms with Crippen LogP contribution in [-0.4, -0.2) is 53.6 Å². The Bertz CT molecular complexity index is 693. The molecule has 0 spiro atoms. The summed E-state index contributed by atoms with van der Waals surface area (Å²) >= 11 is 6.02. The Hall–Kier alpha value is -1.85. The quantitative estimate of drug-likeness (QED) is 0.834. The lowest BCUT2D eigenvalue weighted by Crippen LogP contribution is -2.49. The molecule has 1 aliphatic heterocycles. The largest absolute Gasteiger partial charge is 0.361 e. The predicted octanol–water partition coefficient (Wildman–Crippen LogP) is 2.57. The van der Waals surface area contributed by atoms with Gasteiger partial charge < -0.3 is 9.42 Å². The third-order valence-electron chi connectivity index (χ3n) is 4.34. The molecule has 1 aromatic carbocycles. The van der Waals surface area contributed by atoms with Crippen molar-refractivity contribution in [3.63, 3.8) is 0 Å². The minimum Gasteiger partial charge on any atom is -0.361 e. The first-order chi connectivity index (χ1) is 11.6. The van der Waals surface area contributed by atoms with Gasteiger partial charge in [-0.1, -0.05) is 28.9 Å². The van der Waals surface area contributed by atoms with E-state index in [1.54, 1.807) is 0 Å². The molecule has 0 atom stereocenters.